The number of phosphoric ester groups is 1. The summed E-state index contributed by atoms with van der Waals surface area (Å²) in [6, 6.07) is 0. The molecule has 0 spiro atoms. The highest BCUT2D eigenvalue weighted by atomic mass is 31.3. The molecule has 0 aromatic rings. The van der Waals surface area contributed by atoms with Crippen LogP contribution in [0.25, 0.3) is 0 Å². The molecule has 1 rings (SSSR count). The Bertz CT molecular complexity index is 206. The zero-order valence-corrected chi connectivity index (χ0v) is 6.33. The van der Waals surface area contributed by atoms with Crippen molar-refractivity contribution in [3.8, 4) is 0 Å². The maximum absolute atomic E-state index is 10.5. The van der Waals surface area contributed by atoms with Gasteiger partial charge in [0.2, 0.25) is 0 Å². The summed E-state index contributed by atoms with van der Waals surface area (Å²) in [4.78, 5) is 16.1. The minimum atomic E-state index is -4.77. The smallest absolute Gasteiger partial charge is 0.302 e. The van der Waals surface area contributed by atoms with Crippen molar-refractivity contribution in [2.45, 2.75) is 0 Å². The van der Waals surface area contributed by atoms with E-state index in [0.717, 1.165) is 0 Å². The molecule has 1 aliphatic rings. The zero-order valence-electron chi connectivity index (χ0n) is 4.54. The Labute approximate surface area is 55.8 Å². The number of rotatable bonds is 2. The van der Waals surface area contributed by atoms with Crippen molar-refractivity contribution in [3.63, 3.8) is 0 Å². The van der Waals surface area contributed by atoms with Crippen LogP contribution in [0.2, 0.25) is 0 Å². The molecule has 0 bridgehead atoms. The fourth-order valence-corrected chi connectivity index (χ4v) is 2.01. The lowest BCUT2D eigenvalue weighted by Crippen LogP contribution is -2.11. The molecule has 60 valence electrons. The van der Waals surface area contributed by atoms with E-state index in [-0.39, 0.29) is 6.79 Å². The van der Waals surface area contributed by atoms with E-state index in [1.165, 1.54) is 0 Å². The quantitative estimate of drug-likeness (QED) is 0.599. The van der Waals surface area contributed by atoms with Gasteiger partial charge in [-0.3, -0.25) is 9.05 Å². The van der Waals surface area contributed by atoms with Crippen LogP contribution in [0.4, 0.5) is 0 Å². The van der Waals surface area contributed by atoms with E-state index < -0.39 is 15.6 Å². The highest BCUT2D eigenvalue weighted by molar-refractivity contribution is 7.61. The summed E-state index contributed by atoms with van der Waals surface area (Å²) in [5, 5.41) is 0. The second kappa shape index (κ2) is 2.39. The van der Waals surface area contributed by atoms with Crippen molar-refractivity contribution in [2.24, 2.45) is 0 Å². The molecule has 0 aromatic heterocycles. The first-order chi connectivity index (χ1) is 4.41. The lowest BCUT2D eigenvalue weighted by Gasteiger charge is -2.24. The Morgan fingerprint density at radius 1 is 1.50 bits per heavy atom. The lowest BCUT2D eigenvalue weighted by molar-refractivity contribution is -0.0259. The molecule has 10 heavy (non-hydrogen) atoms. The molecule has 7 nitrogen and oxygen atoms in total. The summed E-state index contributed by atoms with van der Waals surface area (Å²) in [6.45, 7) is -0.267. The summed E-state index contributed by atoms with van der Waals surface area (Å²) < 4.78 is 32.4. The fraction of sp³-hybridized carbons (Fsp3) is 1.00. The van der Waals surface area contributed by atoms with E-state index in [9.17, 15) is 9.13 Å². The number of hydrogen-bond acceptors (Lipinski definition) is 5. The van der Waals surface area contributed by atoms with Gasteiger partial charge in [-0.15, -0.1) is 0 Å². The Morgan fingerprint density at radius 2 is 2.00 bits per heavy atom. The van der Waals surface area contributed by atoms with Gasteiger partial charge < -0.3 is 9.79 Å². The van der Waals surface area contributed by atoms with Crippen LogP contribution in [-0.2, 0) is 22.5 Å². The molecule has 2 N–H and O–H groups in total. The average molecular weight is 190 g/mol. The number of hydrogen-bond donors (Lipinski definition) is 2. The summed E-state index contributed by atoms with van der Waals surface area (Å²) in [6.07, 6.45) is 0. The molecular formula is CH4O7P2. The molecule has 1 fully saturated rings. The number of phosphoric acid groups is 2. The predicted molar refractivity (Wildman–Crippen MR) is 27.8 cm³/mol. The SMILES string of the molecule is O=P(O)(O)OP1(=O)OCO1. The molecule has 0 amide bonds. The molecule has 0 aromatic carbocycles. The first-order valence-corrected chi connectivity index (χ1v) is 5.06. The van der Waals surface area contributed by atoms with Crippen LogP contribution in [0.3, 0.4) is 0 Å². The van der Waals surface area contributed by atoms with Crippen LogP contribution in [-0.4, -0.2) is 16.6 Å². The molecule has 1 saturated heterocycles. The van der Waals surface area contributed by atoms with Gasteiger partial charge in [-0.2, -0.15) is 4.31 Å². The normalized spacial score (nSPS) is 23.8. The highest BCUT2D eigenvalue weighted by Crippen LogP contribution is 2.65. The minimum Gasteiger partial charge on any atom is -0.302 e. The van der Waals surface area contributed by atoms with Crippen LogP contribution >= 0.6 is 15.6 Å². The van der Waals surface area contributed by atoms with Crippen molar-refractivity contribution in [3.05, 3.63) is 0 Å². The van der Waals surface area contributed by atoms with Crippen molar-refractivity contribution >= 4 is 15.6 Å². The monoisotopic (exact) mass is 190 g/mol. The summed E-state index contributed by atoms with van der Waals surface area (Å²) >= 11 is 0. The Hall–Kier alpha value is 0.260. The molecule has 0 unspecified atom stereocenters. The minimum absolute atomic E-state index is 0.267. The van der Waals surface area contributed by atoms with Gasteiger partial charge in [0.05, 0.1) is 0 Å². The van der Waals surface area contributed by atoms with Crippen LogP contribution < -0.4 is 0 Å². The molecule has 0 aliphatic carbocycles. The summed E-state index contributed by atoms with van der Waals surface area (Å²) in [5.41, 5.74) is 0. The molecule has 1 aliphatic heterocycles. The van der Waals surface area contributed by atoms with Crippen LogP contribution in [0.1, 0.15) is 0 Å². The van der Waals surface area contributed by atoms with Gasteiger partial charge in [0.15, 0.2) is 6.79 Å². The molecule has 1 heterocycles. The molecule has 0 atom stereocenters. The third-order valence-electron chi connectivity index (χ3n) is 0.628. The van der Waals surface area contributed by atoms with Crippen LogP contribution in [0.5, 0.6) is 0 Å². The zero-order chi connectivity index (χ0) is 7.83. The summed E-state index contributed by atoms with van der Waals surface area (Å²) in [5.74, 6) is 0. The second-order valence-corrected chi connectivity index (χ2v) is 4.44. The maximum atomic E-state index is 10.5. The van der Waals surface area contributed by atoms with Crippen molar-refractivity contribution in [1.29, 1.82) is 0 Å². The third kappa shape index (κ3) is 2.14. The lowest BCUT2D eigenvalue weighted by atomic mass is 11.6. The summed E-state index contributed by atoms with van der Waals surface area (Å²) in [7, 11) is -8.64. The van der Waals surface area contributed by atoms with E-state index in [0.29, 0.717) is 0 Å². The van der Waals surface area contributed by atoms with Gasteiger partial charge in [-0.1, -0.05) is 0 Å². The van der Waals surface area contributed by atoms with Crippen molar-refractivity contribution in [1.82, 2.24) is 0 Å². The predicted octanol–water partition coefficient (Wildman–Crippen LogP) is 0.208. The molecular weight excluding hydrogens is 186 g/mol. The van der Waals surface area contributed by atoms with Crippen LogP contribution in [0, 0.1) is 0 Å². The first kappa shape index (κ1) is 8.36. The maximum Gasteiger partial charge on any atom is 0.488 e. The average Bonchev–Trinajstić information content (AvgIpc) is 1.57. The largest absolute Gasteiger partial charge is 0.488 e. The van der Waals surface area contributed by atoms with Crippen molar-refractivity contribution < 1.29 is 32.3 Å². The Kier molecular flexibility index (Phi) is 2.00. The van der Waals surface area contributed by atoms with Crippen molar-refractivity contribution in [2.75, 3.05) is 6.79 Å². The van der Waals surface area contributed by atoms with E-state index >= 15 is 0 Å². The highest BCUT2D eigenvalue weighted by Gasteiger charge is 2.42. The van der Waals surface area contributed by atoms with Crippen LogP contribution in [0.15, 0.2) is 0 Å². The molecule has 9 heteroatoms. The van der Waals surface area contributed by atoms with E-state index in [1.54, 1.807) is 0 Å². The third-order valence-corrected chi connectivity index (χ3v) is 3.12. The van der Waals surface area contributed by atoms with E-state index in [1.807, 2.05) is 0 Å². The standard InChI is InChI=1S/CH4O7P2/c2-9(3,4)8-10(5)6-1-7-10/h1H2,(H2,2,3,4). The Balaban J connectivity index is 2.54. The van der Waals surface area contributed by atoms with Gasteiger partial charge in [-0.05, 0) is 0 Å². The Morgan fingerprint density at radius 3 is 2.10 bits per heavy atom. The topological polar surface area (TPSA) is 102 Å². The van der Waals surface area contributed by atoms with Gasteiger partial charge in [0, 0.05) is 0 Å². The van der Waals surface area contributed by atoms with Gasteiger partial charge in [0.1, 0.15) is 0 Å². The van der Waals surface area contributed by atoms with E-state index in [4.69, 9.17) is 9.79 Å². The van der Waals surface area contributed by atoms with Gasteiger partial charge in [-0.25, -0.2) is 9.13 Å². The van der Waals surface area contributed by atoms with Gasteiger partial charge >= 0.3 is 15.6 Å². The van der Waals surface area contributed by atoms with E-state index in [2.05, 4.69) is 13.4 Å². The fourth-order valence-electron chi connectivity index (χ4n) is 0.316. The second-order valence-electron chi connectivity index (χ2n) is 1.40. The van der Waals surface area contributed by atoms with Gasteiger partial charge in [0.25, 0.3) is 0 Å². The first-order valence-electron chi connectivity index (χ1n) is 2.07. The molecule has 0 saturated carbocycles. The molecule has 0 radical (unpaired) electrons.